The topological polar surface area (TPSA) is 49.3 Å². The highest BCUT2D eigenvalue weighted by Gasteiger charge is 2.12. The van der Waals surface area contributed by atoms with Gasteiger partial charge >= 0.3 is 0 Å². The van der Waals surface area contributed by atoms with Crippen molar-refractivity contribution in [1.82, 2.24) is 5.32 Å². The van der Waals surface area contributed by atoms with E-state index >= 15 is 0 Å². The summed E-state index contributed by atoms with van der Waals surface area (Å²) in [5.41, 5.74) is 0.558. The van der Waals surface area contributed by atoms with Crippen LogP contribution in [0.3, 0.4) is 0 Å². The molecule has 0 heterocycles. The number of aliphatic hydroxyl groups excluding tert-OH is 1. The summed E-state index contributed by atoms with van der Waals surface area (Å²) < 4.78 is 0. The van der Waals surface area contributed by atoms with E-state index in [4.69, 9.17) is 23.2 Å². The average Bonchev–Trinajstić information content (AvgIpc) is 2.25. The van der Waals surface area contributed by atoms with E-state index in [0.717, 1.165) is 0 Å². The predicted molar refractivity (Wildman–Crippen MR) is 64.7 cm³/mol. The summed E-state index contributed by atoms with van der Waals surface area (Å²) in [5, 5.41) is 13.3. The maximum Gasteiger partial charge on any atom is 0.219 e. The number of aliphatic hydroxyl groups is 1. The summed E-state index contributed by atoms with van der Waals surface area (Å²) in [5.74, 6) is -0.107. The van der Waals surface area contributed by atoms with E-state index in [0.29, 0.717) is 22.0 Å². The van der Waals surface area contributed by atoms with Crippen molar-refractivity contribution in [3.63, 3.8) is 0 Å². The monoisotopic (exact) mass is 261 g/mol. The van der Waals surface area contributed by atoms with Gasteiger partial charge in [0.05, 0.1) is 6.10 Å². The zero-order valence-corrected chi connectivity index (χ0v) is 10.3. The van der Waals surface area contributed by atoms with Gasteiger partial charge in [-0.3, -0.25) is 4.79 Å². The molecule has 3 nitrogen and oxygen atoms in total. The number of nitrogens with one attached hydrogen (secondary N) is 1. The van der Waals surface area contributed by atoms with Crippen LogP contribution in [0.4, 0.5) is 0 Å². The van der Waals surface area contributed by atoms with Crippen molar-refractivity contribution < 1.29 is 9.90 Å². The maximum atomic E-state index is 11.0. The van der Waals surface area contributed by atoms with Crippen molar-refractivity contribution in [3.8, 4) is 0 Å². The summed E-state index contributed by atoms with van der Waals surface area (Å²) in [6, 6.07) is 4.85. The number of carbonyl (C=O) groups excluding carboxylic acids is 1. The zero-order valence-electron chi connectivity index (χ0n) is 8.84. The SMILES string of the molecule is CCC(=O)NCC(O)c1ccc(Cl)cc1Cl. The molecule has 1 amide bonds. The Morgan fingerprint density at radius 3 is 2.75 bits per heavy atom. The van der Waals surface area contributed by atoms with Gasteiger partial charge in [0.1, 0.15) is 0 Å². The van der Waals surface area contributed by atoms with E-state index < -0.39 is 6.10 Å². The highest BCUT2D eigenvalue weighted by atomic mass is 35.5. The minimum Gasteiger partial charge on any atom is -0.387 e. The van der Waals surface area contributed by atoms with Crippen LogP contribution in [0.5, 0.6) is 0 Å². The van der Waals surface area contributed by atoms with Crippen molar-refractivity contribution in [3.05, 3.63) is 33.8 Å². The fourth-order valence-electron chi connectivity index (χ4n) is 1.22. The molecule has 2 N–H and O–H groups in total. The van der Waals surface area contributed by atoms with Gasteiger partial charge in [-0.15, -0.1) is 0 Å². The molecule has 1 aromatic carbocycles. The fourth-order valence-corrected chi connectivity index (χ4v) is 1.75. The van der Waals surface area contributed by atoms with Crippen LogP contribution < -0.4 is 5.32 Å². The molecule has 0 fully saturated rings. The van der Waals surface area contributed by atoms with Crippen molar-refractivity contribution in [2.75, 3.05) is 6.54 Å². The summed E-state index contributed by atoms with van der Waals surface area (Å²) in [4.78, 5) is 11.0. The number of carbonyl (C=O) groups is 1. The van der Waals surface area contributed by atoms with E-state index in [1.165, 1.54) is 0 Å². The molecule has 1 atom stereocenters. The lowest BCUT2D eigenvalue weighted by atomic mass is 10.1. The summed E-state index contributed by atoms with van der Waals surface area (Å²) in [6.45, 7) is 1.89. The van der Waals surface area contributed by atoms with Crippen molar-refractivity contribution in [1.29, 1.82) is 0 Å². The summed E-state index contributed by atoms with van der Waals surface area (Å²) in [7, 11) is 0. The number of amides is 1. The normalized spacial score (nSPS) is 12.2. The molecule has 88 valence electrons. The molecule has 0 saturated heterocycles. The average molecular weight is 262 g/mol. The molecule has 0 aliphatic rings. The second-order valence-electron chi connectivity index (χ2n) is 3.34. The van der Waals surface area contributed by atoms with Gasteiger partial charge in [0.2, 0.25) is 5.91 Å². The lowest BCUT2D eigenvalue weighted by Crippen LogP contribution is -2.27. The maximum absolute atomic E-state index is 11.0. The number of hydrogen-bond acceptors (Lipinski definition) is 2. The molecule has 1 aromatic rings. The minimum absolute atomic E-state index is 0.107. The highest BCUT2D eigenvalue weighted by Crippen LogP contribution is 2.25. The van der Waals surface area contributed by atoms with Gasteiger partial charge in [-0.2, -0.15) is 0 Å². The molecule has 0 saturated carbocycles. The van der Waals surface area contributed by atoms with E-state index in [9.17, 15) is 9.90 Å². The van der Waals surface area contributed by atoms with Gasteiger partial charge in [-0.05, 0) is 12.1 Å². The third-order valence-electron chi connectivity index (χ3n) is 2.14. The summed E-state index contributed by atoms with van der Waals surface area (Å²) >= 11 is 11.7. The fraction of sp³-hybridized carbons (Fsp3) is 0.364. The van der Waals surface area contributed by atoms with Crippen LogP contribution in [0.25, 0.3) is 0 Å². The van der Waals surface area contributed by atoms with E-state index in [1.807, 2.05) is 0 Å². The molecule has 0 aromatic heterocycles. The van der Waals surface area contributed by atoms with Crippen LogP contribution in [-0.2, 0) is 4.79 Å². The second kappa shape index (κ2) is 6.09. The molecular formula is C11H13Cl2NO2. The molecule has 1 unspecified atom stereocenters. The van der Waals surface area contributed by atoms with E-state index in [-0.39, 0.29) is 12.5 Å². The molecule has 0 aliphatic heterocycles. The van der Waals surface area contributed by atoms with Crippen LogP contribution in [0.1, 0.15) is 25.0 Å². The Morgan fingerprint density at radius 2 is 2.19 bits per heavy atom. The van der Waals surface area contributed by atoms with Gasteiger partial charge in [-0.1, -0.05) is 36.2 Å². The number of rotatable bonds is 4. The van der Waals surface area contributed by atoms with Crippen molar-refractivity contribution in [2.24, 2.45) is 0 Å². The molecule has 16 heavy (non-hydrogen) atoms. The third kappa shape index (κ3) is 3.67. The first-order valence-electron chi connectivity index (χ1n) is 4.94. The molecular weight excluding hydrogens is 249 g/mol. The number of halogens is 2. The summed E-state index contributed by atoms with van der Waals surface area (Å²) in [6.07, 6.45) is -0.429. The smallest absolute Gasteiger partial charge is 0.219 e. The van der Waals surface area contributed by atoms with Crippen LogP contribution in [0.15, 0.2) is 18.2 Å². The molecule has 0 spiro atoms. The Hall–Kier alpha value is -0.770. The van der Waals surface area contributed by atoms with Crippen LogP contribution in [-0.4, -0.2) is 17.6 Å². The minimum atomic E-state index is -0.819. The zero-order chi connectivity index (χ0) is 12.1. The van der Waals surface area contributed by atoms with Crippen molar-refractivity contribution >= 4 is 29.1 Å². The van der Waals surface area contributed by atoms with Gasteiger partial charge in [0, 0.05) is 28.6 Å². The van der Waals surface area contributed by atoms with Gasteiger partial charge in [-0.25, -0.2) is 0 Å². The Balaban J connectivity index is 2.65. The van der Waals surface area contributed by atoms with Crippen LogP contribution in [0.2, 0.25) is 10.0 Å². The standard InChI is InChI=1S/C11H13Cl2NO2/c1-2-11(16)14-6-10(15)8-4-3-7(12)5-9(8)13/h3-5,10,15H,2,6H2,1H3,(H,14,16). The first kappa shape index (κ1) is 13.3. The lowest BCUT2D eigenvalue weighted by molar-refractivity contribution is -0.121. The number of benzene rings is 1. The Kier molecular flexibility index (Phi) is 5.06. The van der Waals surface area contributed by atoms with Crippen LogP contribution >= 0.6 is 23.2 Å². The van der Waals surface area contributed by atoms with E-state index in [2.05, 4.69) is 5.32 Å². The molecule has 0 bridgehead atoms. The van der Waals surface area contributed by atoms with Gasteiger partial charge < -0.3 is 10.4 Å². The van der Waals surface area contributed by atoms with Gasteiger partial charge in [0.25, 0.3) is 0 Å². The number of hydrogen-bond donors (Lipinski definition) is 2. The molecule has 1 rings (SSSR count). The van der Waals surface area contributed by atoms with E-state index in [1.54, 1.807) is 25.1 Å². The second-order valence-corrected chi connectivity index (χ2v) is 4.18. The molecule has 5 heteroatoms. The lowest BCUT2D eigenvalue weighted by Gasteiger charge is -2.13. The first-order chi connectivity index (χ1) is 7.54. The largest absolute Gasteiger partial charge is 0.387 e. The first-order valence-corrected chi connectivity index (χ1v) is 5.70. The molecule has 0 radical (unpaired) electrons. The Morgan fingerprint density at radius 1 is 1.50 bits per heavy atom. The quantitative estimate of drug-likeness (QED) is 0.876. The Bertz CT molecular complexity index is 382. The Labute approximate surface area is 104 Å². The molecule has 0 aliphatic carbocycles. The van der Waals surface area contributed by atoms with Crippen molar-refractivity contribution in [2.45, 2.75) is 19.4 Å². The predicted octanol–water partition coefficient (Wildman–Crippen LogP) is 2.55. The third-order valence-corrected chi connectivity index (χ3v) is 2.70. The van der Waals surface area contributed by atoms with Gasteiger partial charge in [0.15, 0.2) is 0 Å². The highest BCUT2D eigenvalue weighted by molar-refractivity contribution is 6.35. The van der Waals surface area contributed by atoms with Crippen LogP contribution in [0, 0.1) is 0 Å².